The number of carboxylic acid groups (broad SMARTS) is 1. The molecule has 0 bridgehead atoms. The van der Waals surface area contributed by atoms with Crippen LogP contribution in [0.1, 0.15) is 75.9 Å². The molecular weight excluding hydrogens is 609 g/mol. The van der Waals surface area contributed by atoms with Gasteiger partial charge in [0, 0.05) is 43.9 Å². The number of carboxylic acids is 1. The first-order chi connectivity index (χ1) is 22.5. The number of benzene rings is 2. The SMILES string of the molecule is CCC(CC)(C(=O)O)C(Cc1ccc(-c2ncc(OC)cn2)cc1)c1[nH]c2ccc(OCc3ccc(C)cn3)cc2c1SC(C)(C)C. The average molecular weight is 653 g/mol. The Morgan fingerprint density at radius 1 is 0.936 bits per heavy atom. The molecule has 0 spiro atoms. The van der Waals surface area contributed by atoms with E-state index < -0.39 is 11.4 Å². The Morgan fingerprint density at radius 2 is 1.64 bits per heavy atom. The molecule has 0 aliphatic rings. The largest absolute Gasteiger partial charge is 0.494 e. The maximum absolute atomic E-state index is 13.2. The van der Waals surface area contributed by atoms with Gasteiger partial charge in [-0.3, -0.25) is 9.78 Å². The molecule has 0 aliphatic carbocycles. The zero-order valence-electron chi connectivity index (χ0n) is 28.3. The van der Waals surface area contributed by atoms with Gasteiger partial charge in [-0.15, -0.1) is 11.8 Å². The van der Waals surface area contributed by atoms with Crippen LogP contribution in [0.5, 0.6) is 11.5 Å². The molecule has 3 heterocycles. The summed E-state index contributed by atoms with van der Waals surface area (Å²) in [5.74, 6) is 0.838. The van der Waals surface area contributed by atoms with E-state index in [0.29, 0.717) is 37.4 Å². The van der Waals surface area contributed by atoms with E-state index in [1.807, 2.05) is 63.4 Å². The Balaban J connectivity index is 1.56. The van der Waals surface area contributed by atoms with Crippen LogP contribution >= 0.6 is 11.8 Å². The van der Waals surface area contributed by atoms with Crippen molar-refractivity contribution in [3.05, 3.63) is 95.7 Å². The van der Waals surface area contributed by atoms with Crippen LogP contribution in [-0.2, 0) is 17.8 Å². The number of aromatic amines is 1. The highest BCUT2D eigenvalue weighted by Crippen LogP contribution is 2.50. The van der Waals surface area contributed by atoms with Crippen LogP contribution in [0.3, 0.4) is 0 Å². The second kappa shape index (κ2) is 14.2. The lowest BCUT2D eigenvalue weighted by Crippen LogP contribution is -2.38. The van der Waals surface area contributed by atoms with Gasteiger partial charge in [-0.25, -0.2) is 9.97 Å². The number of fused-ring (bicyclic) bond motifs is 1. The number of aryl methyl sites for hydroxylation is 1. The summed E-state index contributed by atoms with van der Waals surface area (Å²) in [5.41, 5.74) is 4.80. The molecule has 0 saturated heterocycles. The predicted molar refractivity (Wildman–Crippen MR) is 188 cm³/mol. The number of nitrogens with one attached hydrogen (secondary N) is 1. The molecule has 5 rings (SSSR count). The summed E-state index contributed by atoms with van der Waals surface area (Å²) in [5, 5.41) is 11.9. The highest BCUT2D eigenvalue weighted by atomic mass is 32.2. The summed E-state index contributed by atoms with van der Waals surface area (Å²) in [6.07, 6.45) is 6.68. The predicted octanol–water partition coefficient (Wildman–Crippen LogP) is 9.02. The van der Waals surface area contributed by atoms with E-state index in [1.54, 1.807) is 31.3 Å². The first-order valence-corrected chi connectivity index (χ1v) is 16.9. The number of H-pyrrole nitrogens is 1. The third-order valence-corrected chi connectivity index (χ3v) is 9.99. The molecule has 3 aromatic heterocycles. The molecule has 0 saturated carbocycles. The Hall–Kier alpha value is -4.37. The summed E-state index contributed by atoms with van der Waals surface area (Å²) >= 11 is 1.76. The minimum Gasteiger partial charge on any atom is -0.494 e. The lowest BCUT2D eigenvalue weighted by molar-refractivity contribution is -0.151. The molecule has 9 heteroatoms. The summed E-state index contributed by atoms with van der Waals surface area (Å²) < 4.78 is 11.3. The van der Waals surface area contributed by atoms with Gasteiger partial charge in [0.25, 0.3) is 0 Å². The second-order valence-corrected chi connectivity index (χ2v) is 14.8. The number of thioether (sulfide) groups is 1. The fourth-order valence-electron chi connectivity index (χ4n) is 6.02. The summed E-state index contributed by atoms with van der Waals surface area (Å²) in [4.78, 5) is 31.3. The number of hydrogen-bond donors (Lipinski definition) is 2. The summed E-state index contributed by atoms with van der Waals surface area (Å²) in [7, 11) is 1.59. The van der Waals surface area contributed by atoms with Crippen molar-refractivity contribution in [1.29, 1.82) is 0 Å². The molecule has 0 fully saturated rings. The lowest BCUT2D eigenvalue weighted by Gasteiger charge is -2.36. The van der Waals surface area contributed by atoms with Crippen molar-refractivity contribution in [1.82, 2.24) is 19.9 Å². The fraction of sp³-hybridized carbons (Fsp3) is 0.368. The fourth-order valence-corrected chi connectivity index (χ4v) is 7.22. The Bertz CT molecular complexity index is 1810. The number of pyridine rings is 1. The number of methoxy groups -OCH3 is 1. The van der Waals surface area contributed by atoms with Crippen molar-refractivity contribution in [3.63, 3.8) is 0 Å². The first-order valence-electron chi connectivity index (χ1n) is 16.0. The third kappa shape index (κ3) is 7.62. The number of rotatable bonds is 13. The maximum atomic E-state index is 13.2. The van der Waals surface area contributed by atoms with Gasteiger partial charge in [0.2, 0.25) is 0 Å². The van der Waals surface area contributed by atoms with Crippen LogP contribution in [0.2, 0.25) is 0 Å². The molecular formula is C38H44N4O4S. The number of ether oxygens (including phenoxy) is 2. The van der Waals surface area contributed by atoms with Crippen LogP contribution in [-0.4, -0.2) is 42.9 Å². The Kier molecular flexibility index (Phi) is 10.2. The zero-order valence-corrected chi connectivity index (χ0v) is 29.1. The molecule has 246 valence electrons. The zero-order chi connectivity index (χ0) is 33.8. The maximum Gasteiger partial charge on any atom is 0.310 e. The molecule has 5 aromatic rings. The number of nitrogens with zero attached hydrogens (tertiary/aromatic N) is 3. The first kappa shape index (κ1) is 34.0. The molecule has 2 N–H and O–H groups in total. The molecule has 8 nitrogen and oxygen atoms in total. The Morgan fingerprint density at radius 3 is 2.21 bits per heavy atom. The van der Waals surface area contributed by atoms with Gasteiger partial charge in [0.1, 0.15) is 12.4 Å². The number of carbonyl (C=O) groups is 1. The van der Waals surface area contributed by atoms with E-state index >= 15 is 0 Å². The van der Waals surface area contributed by atoms with E-state index in [1.165, 1.54) is 0 Å². The third-order valence-electron chi connectivity index (χ3n) is 8.74. The minimum atomic E-state index is -0.984. The topological polar surface area (TPSA) is 110 Å². The van der Waals surface area contributed by atoms with Crippen molar-refractivity contribution in [2.75, 3.05) is 7.11 Å². The van der Waals surface area contributed by atoms with E-state index in [0.717, 1.165) is 49.6 Å². The molecule has 0 radical (unpaired) electrons. The van der Waals surface area contributed by atoms with Gasteiger partial charge in [0.15, 0.2) is 11.6 Å². The van der Waals surface area contributed by atoms with Crippen molar-refractivity contribution < 1.29 is 19.4 Å². The minimum absolute atomic E-state index is 0.124. The second-order valence-electron chi connectivity index (χ2n) is 13.0. The van der Waals surface area contributed by atoms with Gasteiger partial charge >= 0.3 is 5.97 Å². The van der Waals surface area contributed by atoms with Gasteiger partial charge in [-0.2, -0.15) is 0 Å². The standard InChI is InChI=1S/C38H44N4O4S/c1-8-38(9-2,36(43)44)31(18-25-11-13-26(14-12-25)35-40-21-29(45-7)22-41-35)33-34(47-37(4,5)6)30-19-28(16-17-32(30)42-33)46-23-27-15-10-24(3)20-39-27/h10-17,19-22,31,42H,8-9,18,23H2,1-7H3,(H,43,44). The molecule has 2 aromatic carbocycles. The van der Waals surface area contributed by atoms with Crippen LogP contribution in [0.25, 0.3) is 22.3 Å². The van der Waals surface area contributed by atoms with Gasteiger partial charge in [-0.05, 0) is 61.6 Å². The highest BCUT2D eigenvalue weighted by Gasteiger charge is 2.45. The van der Waals surface area contributed by atoms with E-state index in [4.69, 9.17) is 9.47 Å². The summed E-state index contributed by atoms with van der Waals surface area (Å²) in [6.45, 7) is 12.9. The van der Waals surface area contributed by atoms with Crippen LogP contribution in [0.15, 0.2) is 78.1 Å². The van der Waals surface area contributed by atoms with Crippen LogP contribution < -0.4 is 9.47 Å². The molecule has 1 unspecified atom stereocenters. The van der Waals surface area contributed by atoms with Crippen molar-refractivity contribution in [3.8, 4) is 22.9 Å². The van der Waals surface area contributed by atoms with Crippen molar-refractivity contribution in [2.24, 2.45) is 5.41 Å². The van der Waals surface area contributed by atoms with Gasteiger partial charge in [0.05, 0.1) is 30.6 Å². The monoisotopic (exact) mass is 652 g/mol. The number of aromatic nitrogens is 4. The number of hydrogen-bond acceptors (Lipinski definition) is 7. The van der Waals surface area contributed by atoms with Crippen LogP contribution in [0, 0.1) is 12.3 Å². The Labute approximate surface area is 281 Å². The number of aliphatic carboxylic acids is 1. The van der Waals surface area contributed by atoms with Gasteiger partial charge < -0.3 is 19.6 Å². The summed E-state index contributed by atoms with van der Waals surface area (Å²) in [6, 6.07) is 18.2. The molecule has 0 amide bonds. The molecule has 0 aliphatic heterocycles. The van der Waals surface area contributed by atoms with E-state index in [-0.39, 0.29) is 10.7 Å². The smallest absolute Gasteiger partial charge is 0.310 e. The molecule has 1 atom stereocenters. The van der Waals surface area contributed by atoms with Crippen LogP contribution in [0.4, 0.5) is 0 Å². The van der Waals surface area contributed by atoms with Crippen molar-refractivity contribution >= 4 is 28.6 Å². The average Bonchev–Trinajstić information content (AvgIpc) is 3.40. The van der Waals surface area contributed by atoms with Crippen molar-refractivity contribution in [2.45, 2.75) is 83.0 Å². The van der Waals surface area contributed by atoms with E-state index in [9.17, 15) is 9.90 Å². The quantitative estimate of drug-likeness (QED) is 0.121. The van der Waals surface area contributed by atoms with Gasteiger partial charge in [-0.1, -0.05) is 65.0 Å². The lowest BCUT2D eigenvalue weighted by atomic mass is 9.67. The highest BCUT2D eigenvalue weighted by molar-refractivity contribution is 8.00. The normalized spacial score (nSPS) is 12.7. The molecule has 47 heavy (non-hydrogen) atoms. The van der Waals surface area contributed by atoms with E-state index in [2.05, 4.69) is 58.9 Å².